The number of aromatic carboxylic acids is 1. The lowest BCUT2D eigenvalue weighted by molar-refractivity contribution is -0.134. The second-order valence-corrected chi connectivity index (χ2v) is 3.81. The molecule has 1 aromatic rings. The van der Waals surface area contributed by atoms with Gasteiger partial charge in [-0.05, 0) is 19.4 Å². The lowest BCUT2D eigenvalue weighted by atomic mass is 10.2. The van der Waals surface area contributed by atoms with Crippen LogP contribution < -0.4 is 5.32 Å². The smallest absolute Gasteiger partial charge is 0.389 e. The summed E-state index contributed by atoms with van der Waals surface area (Å²) in [6.07, 6.45) is -3.90. The standard InChI is InChI=1S/C11H13F3N2O2/c1-7-9(5-8(6-16-7)10(17)18)15-4-2-3-11(12,13)14/h5-6,15H,2-4H2,1H3,(H,17,18). The van der Waals surface area contributed by atoms with E-state index in [1.165, 1.54) is 12.3 Å². The molecule has 18 heavy (non-hydrogen) atoms. The molecule has 0 atom stereocenters. The average molecular weight is 262 g/mol. The predicted molar refractivity (Wildman–Crippen MR) is 59.7 cm³/mol. The zero-order valence-electron chi connectivity index (χ0n) is 9.71. The molecule has 4 nitrogen and oxygen atoms in total. The Bertz CT molecular complexity index is 433. The molecule has 100 valence electrons. The van der Waals surface area contributed by atoms with E-state index in [2.05, 4.69) is 10.3 Å². The SMILES string of the molecule is Cc1ncc(C(=O)O)cc1NCCCC(F)(F)F. The molecular weight excluding hydrogens is 249 g/mol. The number of alkyl halides is 3. The van der Waals surface area contributed by atoms with Gasteiger partial charge in [0, 0.05) is 19.2 Å². The van der Waals surface area contributed by atoms with Gasteiger partial charge in [0.2, 0.25) is 0 Å². The number of carbonyl (C=O) groups is 1. The van der Waals surface area contributed by atoms with Crippen molar-refractivity contribution in [3.63, 3.8) is 0 Å². The third-order valence-electron chi connectivity index (χ3n) is 2.29. The van der Waals surface area contributed by atoms with Crippen LogP contribution in [0, 0.1) is 6.92 Å². The molecule has 1 heterocycles. The highest BCUT2D eigenvalue weighted by molar-refractivity contribution is 5.88. The van der Waals surface area contributed by atoms with Crippen LogP contribution in [0.1, 0.15) is 28.9 Å². The maximum atomic E-state index is 11.9. The Hall–Kier alpha value is -1.79. The van der Waals surface area contributed by atoms with E-state index in [-0.39, 0.29) is 18.5 Å². The Morgan fingerprint density at radius 3 is 2.72 bits per heavy atom. The van der Waals surface area contributed by atoms with Crippen LogP contribution >= 0.6 is 0 Å². The Labute approximate surface area is 102 Å². The number of aryl methyl sites for hydroxylation is 1. The van der Waals surface area contributed by atoms with Crippen LogP contribution in [0.5, 0.6) is 0 Å². The van der Waals surface area contributed by atoms with Crippen molar-refractivity contribution < 1.29 is 23.1 Å². The molecule has 0 amide bonds. The number of hydrogen-bond acceptors (Lipinski definition) is 3. The summed E-state index contributed by atoms with van der Waals surface area (Å²) in [5.41, 5.74) is 0.989. The lowest BCUT2D eigenvalue weighted by Crippen LogP contribution is -2.12. The number of rotatable bonds is 5. The Balaban J connectivity index is 2.56. The van der Waals surface area contributed by atoms with Gasteiger partial charge in [0.15, 0.2) is 0 Å². The number of carboxylic acid groups (broad SMARTS) is 1. The number of nitrogens with one attached hydrogen (secondary N) is 1. The van der Waals surface area contributed by atoms with Gasteiger partial charge in [-0.15, -0.1) is 0 Å². The minimum absolute atomic E-state index is 0.000999. The first kappa shape index (κ1) is 14.3. The topological polar surface area (TPSA) is 62.2 Å². The fraction of sp³-hybridized carbons (Fsp3) is 0.455. The number of pyridine rings is 1. The maximum Gasteiger partial charge on any atom is 0.389 e. The summed E-state index contributed by atoms with van der Waals surface area (Å²) in [6.45, 7) is 1.77. The van der Waals surface area contributed by atoms with Crippen LogP contribution in [-0.4, -0.2) is 28.8 Å². The first-order valence-electron chi connectivity index (χ1n) is 5.30. The third kappa shape index (κ3) is 4.60. The molecule has 0 aliphatic carbocycles. The zero-order valence-corrected chi connectivity index (χ0v) is 9.71. The highest BCUT2D eigenvalue weighted by atomic mass is 19.4. The summed E-state index contributed by atoms with van der Waals surface area (Å²) in [5.74, 6) is -1.12. The van der Waals surface area contributed by atoms with E-state index in [1.54, 1.807) is 6.92 Å². The number of nitrogens with zero attached hydrogens (tertiary/aromatic N) is 1. The molecule has 0 aromatic carbocycles. The van der Waals surface area contributed by atoms with Gasteiger partial charge in [0.1, 0.15) is 0 Å². The number of carboxylic acids is 1. The molecule has 0 unspecified atom stereocenters. The van der Waals surface area contributed by atoms with Gasteiger partial charge in [-0.3, -0.25) is 4.98 Å². The molecule has 0 saturated heterocycles. The summed E-state index contributed by atoms with van der Waals surface area (Å²) in [6, 6.07) is 1.36. The summed E-state index contributed by atoms with van der Waals surface area (Å²) in [4.78, 5) is 14.6. The normalized spacial score (nSPS) is 11.3. The summed E-state index contributed by atoms with van der Waals surface area (Å²) >= 11 is 0. The van der Waals surface area contributed by atoms with Crippen LogP contribution in [0.25, 0.3) is 0 Å². The number of halogens is 3. The first-order chi connectivity index (χ1) is 8.29. The van der Waals surface area contributed by atoms with Crippen LogP contribution in [0.15, 0.2) is 12.3 Å². The van der Waals surface area contributed by atoms with Gasteiger partial charge in [0.05, 0.1) is 16.9 Å². The number of hydrogen-bond donors (Lipinski definition) is 2. The van der Waals surface area contributed by atoms with Gasteiger partial charge in [-0.2, -0.15) is 13.2 Å². The fourth-order valence-electron chi connectivity index (χ4n) is 1.34. The highest BCUT2D eigenvalue weighted by Crippen LogP contribution is 2.21. The Morgan fingerprint density at radius 1 is 1.50 bits per heavy atom. The van der Waals surface area contributed by atoms with E-state index in [0.717, 1.165) is 0 Å². The van der Waals surface area contributed by atoms with Crippen molar-refractivity contribution in [3.05, 3.63) is 23.5 Å². The van der Waals surface area contributed by atoms with E-state index in [1.807, 2.05) is 0 Å². The van der Waals surface area contributed by atoms with E-state index in [9.17, 15) is 18.0 Å². The van der Waals surface area contributed by atoms with Crippen molar-refractivity contribution in [1.29, 1.82) is 0 Å². The molecule has 0 radical (unpaired) electrons. The molecule has 0 bridgehead atoms. The van der Waals surface area contributed by atoms with Gasteiger partial charge < -0.3 is 10.4 Å². The largest absolute Gasteiger partial charge is 0.478 e. The molecule has 0 aliphatic heterocycles. The van der Waals surface area contributed by atoms with Gasteiger partial charge in [-0.1, -0.05) is 0 Å². The van der Waals surface area contributed by atoms with Crippen molar-refractivity contribution in [3.8, 4) is 0 Å². The van der Waals surface area contributed by atoms with Gasteiger partial charge in [-0.25, -0.2) is 4.79 Å². The summed E-state index contributed by atoms with van der Waals surface area (Å²) < 4.78 is 35.7. The first-order valence-corrected chi connectivity index (χ1v) is 5.30. The maximum absolute atomic E-state index is 11.9. The van der Waals surface area contributed by atoms with Crippen molar-refractivity contribution in [2.75, 3.05) is 11.9 Å². The minimum Gasteiger partial charge on any atom is -0.478 e. The summed E-state index contributed by atoms with van der Waals surface area (Å²) in [7, 11) is 0. The molecular formula is C11H13F3N2O2. The van der Waals surface area contributed by atoms with E-state index >= 15 is 0 Å². The quantitative estimate of drug-likeness (QED) is 0.801. The highest BCUT2D eigenvalue weighted by Gasteiger charge is 2.25. The van der Waals surface area contributed by atoms with E-state index in [4.69, 9.17) is 5.11 Å². The van der Waals surface area contributed by atoms with E-state index < -0.39 is 18.6 Å². The van der Waals surface area contributed by atoms with Crippen molar-refractivity contribution in [2.45, 2.75) is 25.9 Å². The van der Waals surface area contributed by atoms with E-state index in [0.29, 0.717) is 11.4 Å². The second kappa shape index (κ2) is 5.70. The Kier molecular flexibility index (Phi) is 4.52. The third-order valence-corrected chi connectivity index (χ3v) is 2.29. The van der Waals surface area contributed by atoms with Crippen molar-refractivity contribution >= 4 is 11.7 Å². The van der Waals surface area contributed by atoms with Gasteiger partial charge >= 0.3 is 12.1 Å². The summed E-state index contributed by atoms with van der Waals surface area (Å²) in [5, 5.41) is 11.5. The molecule has 1 rings (SSSR count). The molecule has 0 saturated carbocycles. The van der Waals surface area contributed by atoms with Crippen molar-refractivity contribution in [1.82, 2.24) is 4.98 Å². The second-order valence-electron chi connectivity index (χ2n) is 3.81. The molecule has 1 aromatic heterocycles. The van der Waals surface area contributed by atoms with Crippen LogP contribution in [-0.2, 0) is 0 Å². The monoisotopic (exact) mass is 262 g/mol. The minimum atomic E-state index is -4.17. The molecule has 0 aliphatic rings. The van der Waals surface area contributed by atoms with Gasteiger partial charge in [0.25, 0.3) is 0 Å². The average Bonchev–Trinajstić information content (AvgIpc) is 2.24. The van der Waals surface area contributed by atoms with Crippen LogP contribution in [0.4, 0.5) is 18.9 Å². The Morgan fingerprint density at radius 2 is 2.17 bits per heavy atom. The lowest BCUT2D eigenvalue weighted by Gasteiger charge is -2.10. The number of aromatic nitrogens is 1. The molecule has 7 heteroatoms. The van der Waals surface area contributed by atoms with Crippen LogP contribution in [0.2, 0.25) is 0 Å². The van der Waals surface area contributed by atoms with Crippen LogP contribution in [0.3, 0.4) is 0 Å². The molecule has 0 fully saturated rings. The molecule has 2 N–H and O–H groups in total. The molecule has 0 spiro atoms. The zero-order chi connectivity index (χ0) is 13.8. The predicted octanol–water partition coefficient (Wildman–Crippen LogP) is 2.84. The fourth-order valence-corrected chi connectivity index (χ4v) is 1.34. The van der Waals surface area contributed by atoms with Crippen molar-refractivity contribution in [2.24, 2.45) is 0 Å². The number of anilines is 1.